The molecule has 76 valence electrons. The smallest absolute Gasteiger partial charge is 0.267 e. The lowest BCUT2D eigenvalue weighted by molar-refractivity contribution is 0.0995. The highest BCUT2D eigenvalue weighted by atomic mass is 35.5. The number of nitrogens with zero attached hydrogens (tertiary/aromatic N) is 1. The Hall–Kier alpha value is -0.940. The number of primary amides is 1. The molecule has 0 saturated carbocycles. The Morgan fingerprint density at radius 3 is 2.50 bits per heavy atom. The van der Waals surface area contributed by atoms with Crippen molar-refractivity contribution in [2.45, 2.75) is 6.43 Å². The van der Waals surface area contributed by atoms with E-state index in [1.165, 1.54) is 0 Å². The zero-order valence-corrected chi connectivity index (χ0v) is 8.11. The highest BCUT2D eigenvalue weighted by Crippen LogP contribution is 2.31. The molecule has 0 fully saturated rings. The van der Waals surface area contributed by atoms with Crippen LogP contribution in [0.2, 0.25) is 10.2 Å². The van der Waals surface area contributed by atoms with E-state index < -0.39 is 17.9 Å². The van der Waals surface area contributed by atoms with Crippen LogP contribution in [0, 0.1) is 0 Å². The standard InChI is InChI=1S/C7H4Cl2F2N2O/c8-4-2(6(10)11)1-3(7(12)14)13-5(4)9/h1,6H,(H2,12,14). The monoisotopic (exact) mass is 240 g/mol. The number of hydrogen-bond acceptors (Lipinski definition) is 2. The van der Waals surface area contributed by atoms with Crippen LogP contribution in [0.1, 0.15) is 22.5 Å². The average molecular weight is 241 g/mol. The van der Waals surface area contributed by atoms with E-state index in [1.54, 1.807) is 0 Å². The summed E-state index contributed by atoms with van der Waals surface area (Å²) >= 11 is 10.9. The number of pyridine rings is 1. The number of rotatable bonds is 2. The summed E-state index contributed by atoms with van der Waals surface area (Å²) in [6.45, 7) is 0. The first kappa shape index (κ1) is 11.1. The van der Waals surface area contributed by atoms with Crippen LogP contribution in [0.25, 0.3) is 0 Å². The van der Waals surface area contributed by atoms with E-state index in [0.717, 1.165) is 6.07 Å². The molecule has 3 nitrogen and oxygen atoms in total. The van der Waals surface area contributed by atoms with Gasteiger partial charge < -0.3 is 5.73 Å². The number of carbonyl (C=O) groups is 1. The normalized spacial score (nSPS) is 10.6. The van der Waals surface area contributed by atoms with E-state index in [9.17, 15) is 13.6 Å². The number of amides is 1. The summed E-state index contributed by atoms with van der Waals surface area (Å²) in [5.41, 5.74) is 3.96. The van der Waals surface area contributed by atoms with Crippen molar-refractivity contribution in [3.05, 3.63) is 27.5 Å². The highest BCUT2D eigenvalue weighted by Gasteiger charge is 2.18. The minimum Gasteiger partial charge on any atom is -0.364 e. The second kappa shape index (κ2) is 4.06. The van der Waals surface area contributed by atoms with Crippen molar-refractivity contribution in [1.29, 1.82) is 0 Å². The molecule has 0 atom stereocenters. The van der Waals surface area contributed by atoms with Gasteiger partial charge in [-0.1, -0.05) is 23.2 Å². The SMILES string of the molecule is NC(=O)c1cc(C(F)F)c(Cl)c(Cl)n1. The van der Waals surface area contributed by atoms with Gasteiger partial charge in [-0.15, -0.1) is 0 Å². The van der Waals surface area contributed by atoms with Crippen molar-refractivity contribution in [2.75, 3.05) is 0 Å². The number of nitrogens with two attached hydrogens (primary N) is 1. The van der Waals surface area contributed by atoms with Crippen LogP contribution in [-0.2, 0) is 0 Å². The van der Waals surface area contributed by atoms with E-state index in [1.807, 2.05) is 0 Å². The van der Waals surface area contributed by atoms with Gasteiger partial charge in [0, 0.05) is 5.56 Å². The lowest BCUT2D eigenvalue weighted by Crippen LogP contribution is -2.14. The molecule has 14 heavy (non-hydrogen) atoms. The summed E-state index contributed by atoms with van der Waals surface area (Å²) in [6.07, 6.45) is -2.83. The molecule has 0 aromatic carbocycles. The van der Waals surface area contributed by atoms with E-state index in [2.05, 4.69) is 4.98 Å². The predicted octanol–water partition coefficient (Wildman–Crippen LogP) is 2.42. The molecule has 0 saturated heterocycles. The number of halogens is 4. The highest BCUT2D eigenvalue weighted by molar-refractivity contribution is 6.41. The summed E-state index contributed by atoms with van der Waals surface area (Å²) in [7, 11) is 0. The molecular weight excluding hydrogens is 237 g/mol. The molecule has 1 heterocycles. The molecular formula is C7H4Cl2F2N2O. The fourth-order valence-electron chi connectivity index (χ4n) is 0.802. The second-order valence-corrected chi connectivity index (χ2v) is 3.10. The molecule has 0 radical (unpaired) electrons. The van der Waals surface area contributed by atoms with Gasteiger partial charge in [0.2, 0.25) is 0 Å². The Morgan fingerprint density at radius 2 is 2.07 bits per heavy atom. The molecule has 0 aliphatic heterocycles. The Kier molecular flexibility index (Phi) is 3.23. The second-order valence-electron chi connectivity index (χ2n) is 2.37. The number of hydrogen-bond donors (Lipinski definition) is 1. The first-order valence-electron chi connectivity index (χ1n) is 3.37. The van der Waals surface area contributed by atoms with Crippen molar-refractivity contribution < 1.29 is 13.6 Å². The van der Waals surface area contributed by atoms with Crippen LogP contribution >= 0.6 is 23.2 Å². The van der Waals surface area contributed by atoms with Gasteiger partial charge in [0.25, 0.3) is 12.3 Å². The lowest BCUT2D eigenvalue weighted by Gasteiger charge is -2.05. The minimum absolute atomic E-state index is 0.338. The molecule has 0 aliphatic carbocycles. The summed E-state index contributed by atoms with van der Waals surface area (Å²) in [5, 5.41) is -0.732. The zero-order valence-electron chi connectivity index (χ0n) is 6.60. The fourth-order valence-corrected chi connectivity index (χ4v) is 1.18. The maximum absolute atomic E-state index is 12.3. The molecule has 1 amide bonds. The Labute approximate surface area is 87.8 Å². The maximum Gasteiger partial charge on any atom is 0.267 e. The summed E-state index contributed by atoms with van der Waals surface area (Å²) < 4.78 is 24.7. The summed E-state index contributed by atoms with van der Waals surface area (Å²) in [6, 6.07) is 0.821. The zero-order chi connectivity index (χ0) is 10.9. The van der Waals surface area contributed by atoms with Crippen molar-refractivity contribution >= 4 is 29.1 Å². The molecule has 1 rings (SSSR count). The minimum atomic E-state index is -2.83. The third-order valence-electron chi connectivity index (χ3n) is 1.43. The van der Waals surface area contributed by atoms with Gasteiger partial charge in [-0.25, -0.2) is 13.8 Å². The third-order valence-corrected chi connectivity index (χ3v) is 2.20. The van der Waals surface area contributed by atoms with Crippen LogP contribution in [0.5, 0.6) is 0 Å². The van der Waals surface area contributed by atoms with Gasteiger partial charge >= 0.3 is 0 Å². The van der Waals surface area contributed by atoms with Crippen molar-refractivity contribution in [1.82, 2.24) is 4.98 Å². The largest absolute Gasteiger partial charge is 0.364 e. The van der Waals surface area contributed by atoms with Gasteiger partial charge in [0.1, 0.15) is 10.8 Å². The molecule has 1 aromatic rings. The number of alkyl halides is 2. The van der Waals surface area contributed by atoms with E-state index in [0.29, 0.717) is 0 Å². The van der Waals surface area contributed by atoms with E-state index >= 15 is 0 Å². The number of aromatic nitrogens is 1. The van der Waals surface area contributed by atoms with Gasteiger partial charge in [-0.2, -0.15) is 0 Å². The molecule has 0 bridgehead atoms. The Morgan fingerprint density at radius 1 is 1.50 bits per heavy atom. The van der Waals surface area contributed by atoms with Crippen molar-refractivity contribution in [3.63, 3.8) is 0 Å². The van der Waals surface area contributed by atoms with Gasteiger partial charge in [-0.3, -0.25) is 4.79 Å². The molecule has 0 spiro atoms. The van der Waals surface area contributed by atoms with E-state index in [4.69, 9.17) is 28.9 Å². The molecule has 7 heteroatoms. The van der Waals surface area contributed by atoms with Gasteiger partial charge in [0.05, 0.1) is 5.02 Å². The topological polar surface area (TPSA) is 56.0 Å². The van der Waals surface area contributed by atoms with Crippen LogP contribution in [0.3, 0.4) is 0 Å². The molecule has 1 aromatic heterocycles. The van der Waals surface area contributed by atoms with Gasteiger partial charge in [-0.05, 0) is 6.07 Å². The van der Waals surface area contributed by atoms with Crippen LogP contribution in [0.4, 0.5) is 8.78 Å². The lowest BCUT2D eigenvalue weighted by atomic mass is 10.2. The quantitative estimate of drug-likeness (QED) is 0.808. The van der Waals surface area contributed by atoms with Gasteiger partial charge in [0.15, 0.2) is 0 Å². The van der Waals surface area contributed by atoms with Crippen LogP contribution in [0.15, 0.2) is 6.07 Å². The first-order chi connectivity index (χ1) is 6.43. The summed E-state index contributed by atoms with van der Waals surface area (Å²) in [5.74, 6) is -0.939. The Balaban J connectivity index is 3.35. The van der Waals surface area contributed by atoms with Crippen molar-refractivity contribution in [2.24, 2.45) is 5.73 Å². The van der Waals surface area contributed by atoms with Crippen molar-refractivity contribution in [3.8, 4) is 0 Å². The Bertz CT molecular complexity index is 384. The molecule has 2 N–H and O–H groups in total. The first-order valence-corrected chi connectivity index (χ1v) is 4.13. The fraction of sp³-hybridized carbons (Fsp3) is 0.143. The predicted molar refractivity (Wildman–Crippen MR) is 47.7 cm³/mol. The molecule has 0 aliphatic rings. The maximum atomic E-state index is 12.3. The van der Waals surface area contributed by atoms with Crippen LogP contribution in [-0.4, -0.2) is 10.9 Å². The third kappa shape index (κ3) is 2.10. The average Bonchev–Trinajstić information content (AvgIpc) is 2.08. The van der Waals surface area contributed by atoms with E-state index in [-0.39, 0.29) is 15.9 Å². The number of carbonyl (C=O) groups excluding carboxylic acids is 1. The van der Waals surface area contributed by atoms with Crippen LogP contribution < -0.4 is 5.73 Å². The summed E-state index contributed by atoms with van der Waals surface area (Å²) in [4.78, 5) is 14.1. The molecule has 0 unspecified atom stereocenters.